The first-order valence-electron chi connectivity index (χ1n) is 6.21. The van der Waals surface area contributed by atoms with E-state index in [0.29, 0.717) is 0 Å². The van der Waals surface area contributed by atoms with Crippen LogP contribution >= 0.6 is 0 Å². The maximum Gasteiger partial charge on any atom is 0.00671 e. The maximum atomic E-state index is 3.68. The molecule has 0 aromatic carbocycles. The zero-order chi connectivity index (χ0) is 10.2. The monoisotopic (exact) mass is 198 g/mol. The number of rotatable bonds is 5. The summed E-state index contributed by atoms with van der Waals surface area (Å²) in [6.45, 7) is 4.71. The largest absolute Gasteiger partial charge is 0.320 e. The first-order valence-corrected chi connectivity index (χ1v) is 6.21. The highest BCUT2D eigenvalue weighted by Crippen LogP contribution is 2.22. The Hall–Kier alpha value is -0.0800. The van der Waals surface area contributed by atoms with Gasteiger partial charge in [0.05, 0.1) is 0 Å². The summed E-state index contributed by atoms with van der Waals surface area (Å²) in [6.07, 6.45) is 8.32. The van der Waals surface area contributed by atoms with Gasteiger partial charge in [0.15, 0.2) is 0 Å². The SMILES string of the molecule is CNCCCNC1CCCC(C)CC1. The van der Waals surface area contributed by atoms with Gasteiger partial charge in [0, 0.05) is 6.04 Å². The van der Waals surface area contributed by atoms with Gasteiger partial charge in [0.1, 0.15) is 0 Å². The number of nitrogens with one attached hydrogen (secondary N) is 2. The van der Waals surface area contributed by atoms with Crippen LogP contribution in [0.5, 0.6) is 0 Å². The second kappa shape index (κ2) is 7.24. The fourth-order valence-electron chi connectivity index (χ4n) is 2.26. The zero-order valence-electron chi connectivity index (χ0n) is 9.81. The summed E-state index contributed by atoms with van der Waals surface area (Å²) in [6, 6.07) is 0.803. The molecule has 0 amide bonds. The van der Waals surface area contributed by atoms with Crippen LogP contribution in [-0.4, -0.2) is 26.2 Å². The van der Waals surface area contributed by atoms with E-state index in [4.69, 9.17) is 0 Å². The molecule has 0 heterocycles. The molecule has 0 spiro atoms. The predicted octanol–water partition coefficient (Wildman–Crippen LogP) is 2.15. The van der Waals surface area contributed by atoms with Crippen LogP contribution in [-0.2, 0) is 0 Å². The van der Waals surface area contributed by atoms with Gasteiger partial charge in [-0.05, 0) is 51.7 Å². The van der Waals surface area contributed by atoms with Gasteiger partial charge < -0.3 is 10.6 Å². The lowest BCUT2D eigenvalue weighted by atomic mass is 10.0. The molecular formula is C12H26N2. The van der Waals surface area contributed by atoms with Gasteiger partial charge in [0.2, 0.25) is 0 Å². The summed E-state index contributed by atoms with van der Waals surface area (Å²) in [5.74, 6) is 0.958. The molecule has 2 nitrogen and oxygen atoms in total. The molecule has 84 valence electrons. The van der Waals surface area contributed by atoms with Gasteiger partial charge >= 0.3 is 0 Å². The lowest BCUT2D eigenvalue weighted by Gasteiger charge is -2.16. The highest BCUT2D eigenvalue weighted by molar-refractivity contribution is 4.73. The van der Waals surface area contributed by atoms with Crippen molar-refractivity contribution in [1.29, 1.82) is 0 Å². The third-order valence-corrected chi connectivity index (χ3v) is 3.29. The quantitative estimate of drug-likeness (QED) is 0.522. The Balaban J connectivity index is 2.05. The van der Waals surface area contributed by atoms with Gasteiger partial charge in [0.25, 0.3) is 0 Å². The number of hydrogen-bond donors (Lipinski definition) is 2. The molecule has 1 aliphatic carbocycles. The zero-order valence-corrected chi connectivity index (χ0v) is 9.81. The lowest BCUT2D eigenvalue weighted by molar-refractivity contribution is 0.443. The minimum atomic E-state index is 0.803. The average molecular weight is 198 g/mol. The Kier molecular flexibility index (Phi) is 6.20. The second-order valence-electron chi connectivity index (χ2n) is 4.72. The van der Waals surface area contributed by atoms with E-state index < -0.39 is 0 Å². The Morgan fingerprint density at radius 2 is 1.93 bits per heavy atom. The molecule has 0 aliphatic heterocycles. The molecule has 14 heavy (non-hydrogen) atoms. The van der Waals surface area contributed by atoms with Crippen molar-refractivity contribution in [1.82, 2.24) is 10.6 Å². The fraction of sp³-hybridized carbons (Fsp3) is 1.00. The normalized spacial score (nSPS) is 28.7. The average Bonchev–Trinajstić information content (AvgIpc) is 2.38. The summed E-state index contributed by atoms with van der Waals surface area (Å²) in [4.78, 5) is 0. The summed E-state index contributed by atoms with van der Waals surface area (Å²) in [5, 5.41) is 6.86. The van der Waals surface area contributed by atoms with E-state index >= 15 is 0 Å². The molecule has 1 fully saturated rings. The summed E-state index contributed by atoms with van der Waals surface area (Å²) in [5.41, 5.74) is 0. The van der Waals surface area contributed by atoms with Gasteiger partial charge in [-0.15, -0.1) is 0 Å². The van der Waals surface area contributed by atoms with Crippen LogP contribution < -0.4 is 10.6 Å². The third kappa shape index (κ3) is 4.97. The Morgan fingerprint density at radius 3 is 2.71 bits per heavy atom. The first-order chi connectivity index (χ1) is 6.83. The van der Waals surface area contributed by atoms with Crippen LogP contribution in [0, 0.1) is 5.92 Å². The topological polar surface area (TPSA) is 24.1 Å². The van der Waals surface area contributed by atoms with Crippen LogP contribution in [0.1, 0.15) is 45.4 Å². The molecular weight excluding hydrogens is 172 g/mol. The standard InChI is InChI=1S/C12H26N2/c1-11-5-3-6-12(8-7-11)14-10-4-9-13-2/h11-14H,3-10H2,1-2H3. The summed E-state index contributed by atoms with van der Waals surface area (Å²) < 4.78 is 0. The smallest absolute Gasteiger partial charge is 0.00671 e. The van der Waals surface area contributed by atoms with Crippen molar-refractivity contribution >= 4 is 0 Å². The molecule has 1 rings (SSSR count). The number of hydrogen-bond acceptors (Lipinski definition) is 2. The first kappa shape index (κ1) is 12.0. The molecule has 0 radical (unpaired) electrons. The Bertz CT molecular complexity index is 136. The predicted molar refractivity (Wildman–Crippen MR) is 62.6 cm³/mol. The molecule has 1 saturated carbocycles. The van der Waals surface area contributed by atoms with E-state index in [0.717, 1.165) is 18.5 Å². The van der Waals surface area contributed by atoms with Gasteiger partial charge in [-0.25, -0.2) is 0 Å². The third-order valence-electron chi connectivity index (χ3n) is 3.29. The summed E-state index contributed by atoms with van der Waals surface area (Å²) >= 11 is 0. The minimum absolute atomic E-state index is 0.803. The van der Waals surface area contributed by atoms with E-state index in [1.807, 2.05) is 7.05 Å². The van der Waals surface area contributed by atoms with E-state index in [9.17, 15) is 0 Å². The molecule has 0 aromatic rings. The van der Waals surface area contributed by atoms with Gasteiger partial charge in [-0.3, -0.25) is 0 Å². The minimum Gasteiger partial charge on any atom is -0.320 e. The molecule has 2 atom stereocenters. The molecule has 0 aromatic heterocycles. The van der Waals surface area contributed by atoms with Crippen molar-refractivity contribution in [2.45, 2.75) is 51.5 Å². The van der Waals surface area contributed by atoms with Crippen LogP contribution in [0.2, 0.25) is 0 Å². The van der Waals surface area contributed by atoms with Crippen molar-refractivity contribution < 1.29 is 0 Å². The van der Waals surface area contributed by atoms with Crippen LogP contribution in [0.15, 0.2) is 0 Å². The molecule has 2 N–H and O–H groups in total. The Morgan fingerprint density at radius 1 is 1.07 bits per heavy atom. The second-order valence-corrected chi connectivity index (χ2v) is 4.72. The maximum absolute atomic E-state index is 3.68. The van der Waals surface area contributed by atoms with E-state index in [1.54, 1.807) is 0 Å². The molecule has 0 saturated heterocycles. The van der Waals surface area contributed by atoms with E-state index in [1.165, 1.54) is 45.1 Å². The highest BCUT2D eigenvalue weighted by atomic mass is 14.9. The molecule has 1 aliphatic rings. The van der Waals surface area contributed by atoms with Crippen molar-refractivity contribution in [2.75, 3.05) is 20.1 Å². The van der Waals surface area contributed by atoms with Crippen molar-refractivity contribution in [3.8, 4) is 0 Å². The summed E-state index contributed by atoms with van der Waals surface area (Å²) in [7, 11) is 2.02. The lowest BCUT2D eigenvalue weighted by Crippen LogP contribution is -2.30. The van der Waals surface area contributed by atoms with Gasteiger partial charge in [-0.1, -0.05) is 19.8 Å². The van der Waals surface area contributed by atoms with Crippen molar-refractivity contribution in [2.24, 2.45) is 5.92 Å². The van der Waals surface area contributed by atoms with Crippen molar-refractivity contribution in [3.05, 3.63) is 0 Å². The van der Waals surface area contributed by atoms with Crippen LogP contribution in [0.4, 0.5) is 0 Å². The van der Waals surface area contributed by atoms with Gasteiger partial charge in [-0.2, -0.15) is 0 Å². The van der Waals surface area contributed by atoms with E-state index in [-0.39, 0.29) is 0 Å². The van der Waals surface area contributed by atoms with Crippen LogP contribution in [0.25, 0.3) is 0 Å². The molecule has 0 bridgehead atoms. The van der Waals surface area contributed by atoms with Crippen molar-refractivity contribution in [3.63, 3.8) is 0 Å². The highest BCUT2D eigenvalue weighted by Gasteiger charge is 2.14. The Labute approximate surface area is 88.8 Å². The fourth-order valence-corrected chi connectivity index (χ4v) is 2.26. The van der Waals surface area contributed by atoms with Crippen LogP contribution in [0.3, 0.4) is 0 Å². The molecule has 2 heteroatoms. The van der Waals surface area contributed by atoms with E-state index in [2.05, 4.69) is 17.6 Å². The molecule has 2 unspecified atom stereocenters.